The van der Waals surface area contributed by atoms with E-state index in [1.54, 1.807) is 0 Å². The van der Waals surface area contributed by atoms with E-state index in [4.69, 9.17) is 0 Å². The lowest BCUT2D eigenvalue weighted by Gasteiger charge is -2.35. The minimum absolute atomic E-state index is 0.645. The molecule has 2 fully saturated rings. The maximum absolute atomic E-state index is 2.51. The van der Waals surface area contributed by atoms with Crippen molar-refractivity contribution in [3.63, 3.8) is 0 Å². The molecule has 3 unspecified atom stereocenters. The van der Waals surface area contributed by atoms with Crippen LogP contribution in [0.5, 0.6) is 0 Å². The number of hydrogen-bond donors (Lipinski definition) is 0. The number of fused-ring (bicyclic) bond motifs is 1. The monoisotopic (exact) mass is 180 g/mol. The van der Waals surface area contributed by atoms with Gasteiger partial charge in [0.2, 0.25) is 0 Å². The number of rotatable bonds is 0. The van der Waals surface area contributed by atoms with Gasteiger partial charge in [0.1, 0.15) is 0 Å². The van der Waals surface area contributed by atoms with Gasteiger partial charge in [-0.15, -0.1) is 0 Å². The predicted octanol–water partition coefficient (Wildman–Crippen LogP) is 4.25. The Morgan fingerprint density at radius 3 is 2.54 bits per heavy atom. The van der Waals surface area contributed by atoms with E-state index in [1.807, 2.05) is 0 Å². The lowest BCUT2D eigenvalue weighted by molar-refractivity contribution is 0.145. The van der Waals surface area contributed by atoms with Crippen LogP contribution in [0, 0.1) is 23.2 Å². The van der Waals surface area contributed by atoms with Crippen LogP contribution in [-0.4, -0.2) is 0 Å². The van der Waals surface area contributed by atoms with Gasteiger partial charge in [0.15, 0.2) is 0 Å². The Labute approximate surface area is 83.1 Å². The van der Waals surface area contributed by atoms with Crippen LogP contribution in [0.3, 0.4) is 0 Å². The maximum atomic E-state index is 2.51. The van der Waals surface area contributed by atoms with Crippen molar-refractivity contribution in [2.75, 3.05) is 0 Å². The van der Waals surface area contributed by atoms with E-state index < -0.39 is 0 Å². The standard InChI is InChI=1S/C13H24/c1-10-6-5-9-13(2,3)12-8-4-7-11(10)12/h10-12H,4-9H2,1-3H3. The first kappa shape index (κ1) is 9.55. The molecule has 0 N–H and O–H groups in total. The van der Waals surface area contributed by atoms with Crippen molar-refractivity contribution in [2.24, 2.45) is 23.2 Å². The molecule has 0 nitrogen and oxygen atoms in total. The van der Waals surface area contributed by atoms with Gasteiger partial charge in [0.05, 0.1) is 0 Å². The van der Waals surface area contributed by atoms with Crippen LogP contribution in [0.15, 0.2) is 0 Å². The Balaban J connectivity index is 2.19. The summed E-state index contributed by atoms with van der Waals surface area (Å²) < 4.78 is 0. The average molecular weight is 180 g/mol. The molecule has 0 radical (unpaired) electrons. The van der Waals surface area contributed by atoms with Gasteiger partial charge in [-0.3, -0.25) is 0 Å². The third-order valence-electron chi connectivity index (χ3n) is 4.78. The van der Waals surface area contributed by atoms with Gasteiger partial charge in [0, 0.05) is 0 Å². The molecule has 0 bridgehead atoms. The van der Waals surface area contributed by atoms with Crippen molar-refractivity contribution in [3.8, 4) is 0 Å². The molecule has 0 heterocycles. The second-order valence-corrected chi connectivity index (χ2v) is 6.06. The molecule has 0 saturated heterocycles. The van der Waals surface area contributed by atoms with E-state index >= 15 is 0 Å². The van der Waals surface area contributed by atoms with Crippen LogP contribution in [0.1, 0.15) is 59.3 Å². The van der Waals surface area contributed by atoms with Gasteiger partial charge in [-0.05, 0) is 42.4 Å². The molecule has 0 spiro atoms. The van der Waals surface area contributed by atoms with Gasteiger partial charge < -0.3 is 0 Å². The van der Waals surface area contributed by atoms with Crippen molar-refractivity contribution < 1.29 is 0 Å². The summed E-state index contributed by atoms with van der Waals surface area (Å²) >= 11 is 0. The van der Waals surface area contributed by atoms with Crippen molar-refractivity contribution in [1.29, 1.82) is 0 Å². The highest BCUT2D eigenvalue weighted by Crippen LogP contribution is 2.52. The minimum atomic E-state index is 0.645. The third kappa shape index (κ3) is 1.65. The molecule has 0 aromatic heterocycles. The zero-order valence-electron chi connectivity index (χ0n) is 9.47. The van der Waals surface area contributed by atoms with Crippen LogP contribution >= 0.6 is 0 Å². The fourth-order valence-electron chi connectivity index (χ4n) is 3.92. The number of hydrogen-bond acceptors (Lipinski definition) is 0. The van der Waals surface area contributed by atoms with Crippen molar-refractivity contribution in [3.05, 3.63) is 0 Å². The summed E-state index contributed by atoms with van der Waals surface area (Å²) in [7, 11) is 0. The summed E-state index contributed by atoms with van der Waals surface area (Å²) in [6, 6.07) is 0. The van der Waals surface area contributed by atoms with Crippen molar-refractivity contribution >= 4 is 0 Å². The first-order valence-corrected chi connectivity index (χ1v) is 6.11. The second kappa shape index (κ2) is 3.29. The first-order valence-electron chi connectivity index (χ1n) is 6.11. The van der Waals surface area contributed by atoms with Crippen LogP contribution < -0.4 is 0 Å². The molecule has 2 aliphatic rings. The average Bonchev–Trinajstić information content (AvgIpc) is 2.48. The van der Waals surface area contributed by atoms with Gasteiger partial charge >= 0.3 is 0 Å². The summed E-state index contributed by atoms with van der Waals surface area (Å²) in [4.78, 5) is 0. The lowest BCUT2D eigenvalue weighted by Crippen LogP contribution is -2.27. The quantitative estimate of drug-likeness (QED) is 0.523. The normalized spacial score (nSPS) is 44.1. The molecule has 0 aliphatic heterocycles. The second-order valence-electron chi connectivity index (χ2n) is 6.06. The molecule has 2 saturated carbocycles. The van der Waals surface area contributed by atoms with E-state index in [9.17, 15) is 0 Å². The van der Waals surface area contributed by atoms with Crippen LogP contribution in [0.2, 0.25) is 0 Å². The zero-order valence-corrected chi connectivity index (χ0v) is 9.47. The Morgan fingerprint density at radius 2 is 1.77 bits per heavy atom. The van der Waals surface area contributed by atoms with Crippen molar-refractivity contribution in [1.82, 2.24) is 0 Å². The Kier molecular flexibility index (Phi) is 2.42. The highest BCUT2D eigenvalue weighted by Gasteiger charge is 2.42. The SMILES string of the molecule is CC1CCCC(C)(C)C2CCCC12. The molecule has 0 amide bonds. The molecular weight excluding hydrogens is 156 g/mol. The molecule has 0 aromatic rings. The summed E-state index contributed by atoms with van der Waals surface area (Å²) in [5, 5.41) is 0. The Hall–Kier alpha value is 0. The molecule has 2 rings (SSSR count). The van der Waals surface area contributed by atoms with Gasteiger partial charge in [-0.1, -0.05) is 40.0 Å². The molecule has 13 heavy (non-hydrogen) atoms. The molecule has 76 valence electrons. The smallest absolute Gasteiger partial charge is 0.0323 e. The van der Waals surface area contributed by atoms with Gasteiger partial charge in [-0.2, -0.15) is 0 Å². The van der Waals surface area contributed by atoms with Crippen LogP contribution in [0.25, 0.3) is 0 Å². The van der Waals surface area contributed by atoms with Crippen LogP contribution in [-0.2, 0) is 0 Å². The summed E-state index contributed by atoms with van der Waals surface area (Å²) in [6.45, 7) is 7.51. The van der Waals surface area contributed by atoms with Crippen LogP contribution in [0.4, 0.5) is 0 Å². The zero-order chi connectivity index (χ0) is 9.47. The third-order valence-corrected chi connectivity index (χ3v) is 4.78. The topological polar surface area (TPSA) is 0 Å². The molecule has 0 heteroatoms. The van der Waals surface area contributed by atoms with E-state index in [2.05, 4.69) is 20.8 Å². The highest BCUT2D eigenvalue weighted by molar-refractivity contribution is 4.92. The van der Waals surface area contributed by atoms with Crippen molar-refractivity contribution in [2.45, 2.75) is 59.3 Å². The Morgan fingerprint density at radius 1 is 1.00 bits per heavy atom. The highest BCUT2D eigenvalue weighted by atomic mass is 14.5. The van der Waals surface area contributed by atoms with E-state index in [0.29, 0.717) is 5.41 Å². The maximum Gasteiger partial charge on any atom is -0.0323 e. The largest absolute Gasteiger partial charge is 0.0622 e. The Bertz CT molecular complexity index is 180. The molecule has 2 aliphatic carbocycles. The molecule has 3 atom stereocenters. The predicted molar refractivity (Wildman–Crippen MR) is 57.6 cm³/mol. The van der Waals surface area contributed by atoms with E-state index in [-0.39, 0.29) is 0 Å². The molecule has 0 aromatic carbocycles. The first-order chi connectivity index (χ1) is 6.11. The van der Waals surface area contributed by atoms with Gasteiger partial charge in [-0.25, -0.2) is 0 Å². The fourth-order valence-corrected chi connectivity index (χ4v) is 3.92. The van der Waals surface area contributed by atoms with E-state index in [1.165, 1.54) is 38.5 Å². The molecular formula is C13H24. The van der Waals surface area contributed by atoms with E-state index in [0.717, 1.165) is 17.8 Å². The summed E-state index contributed by atoms with van der Waals surface area (Å²) in [6.07, 6.45) is 8.98. The minimum Gasteiger partial charge on any atom is -0.0622 e. The van der Waals surface area contributed by atoms with Gasteiger partial charge in [0.25, 0.3) is 0 Å². The lowest BCUT2D eigenvalue weighted by atomic mass is 9.70. The summed E-state index contributed by atoms with van der Waals surface area (Å²) in [5.41, 5.74) is 0.645. The fraction of sp³-hybridized carbons (Fsp3) is 1.00. The summed E-state index contributed by atoms with van der Waals surface area (Å²) in [5.74, 6) is 3.12.